The summed E-state index contributed by atoms with van der Waals surface area (Å²) in [4.78, 5) is 0. The minimum absolute atomic E-state index is 0.445. The Morgan fingerprint density at radius 2 is 2.25 bits per heavy atom. The highest BCUT2D eigenvalue weighted by Gasteiger charge is 2.10. The minimum atomic E-state index is 0.445. The standard InChI is InChI=1S/C12H14BrN3/c1-9(6-12-15-14-8-16(12)2)10-4-3-5-11(13)7-10/h3-5,7-9H,6H2,1-2H3. The second kappa shape index (κ2) is 4.78. The Kier molecular flexibility index (Phi) is 3.39. The van der Waals surface area contributed by atoms with Gasteiger partial charge in [-0.05, 0) is 23.6 Å². The van der Waals surface area contributed by atoms with Crippen molar-refractivity contribution in [2.24, 2.45) is 7.05 Å². The highest BCUT2D eigenvalue weighted by molar-refractivity contribution is 9.10. The fourth-order valence-corrected chi connectivity index (χ4v) is 2.11. The molecule has 0 aliphatic carbocycles. The second-order valence-electron chi connectivity index (χ2n) is 4.02. The van der Waals surface area contributed by atoms with Crippen molar-refractivity contribution in [3.8, 4) is 0 Å². The third kappa shape index (κ3) is 2.50. The van der Waals surface area contributed by atoms with Gasteiger partial charge >= 0.3 is 0 Å². The maximum Gasteiger partial charge on any atom is 0.133 e. The minimum Gasteiger partial charge on any atom is -0.321 e. The van der Waals surface area contributed by atoms with Crippen molar-refractivity contribution < 1.29 is 0 Å². The number of benzene rings is 1. The van der Waals surface area contributed by atoms with E-state index < -0.39 is 0 Å². The Balaban J connectivity index is 2.14. The van der Waals surface area contributed by atoms with Gasteiger partial charge in [0.1, 0.15) is 12.2 Å². The monoisotopic (exact) mass is 279 g/mol. The molecule has 1 unspecified atom stereocenters. The molecule has 0 aliphatic rings. The molecule has 1 aromatic carbocycles. The second-order valence-corrected chi connectivity index (χ2v) is 4.93. The quantitative estimate of drug-likeness (QED) is 0.865. The first-order chi connectivity index (χ1) is 7.66. The van der Waals surface area contributed by atoms with E-state index in [1.807, 2.05) is 17.7 Å². The molecule has 2 rings (SSSR count). The lowest BCUT2D eigenvalue weighted by Gasteiger charge is -2.11. The van der Waals surface area contributed by atoms with Crippen molar-refractivity contribution in [3.05, 3.63) is 46.5 Å². The molecule has 0 saturated heterocycles. The van der Waals surface area contributed by atoms with Crippen LogP contribution in [0.3, 0.4) is 0 Å². The normalized spacial score (nSPS) is 12.7. The molecular formula is C12H14BrN3. The number of aromatic nitrogens is 3. The van der Waals surface area contributed by atoms with E-state index in [9.17, 15) is 0 Å². The molecule has 0 spiro atoms. The fourth-order valence-electron chi connectivity index (χ4n) is 1.70. The van der Waals surface area contributed by atoms with E-state index in [0.717, 1.165) is 16.7 Å². The first-order valence-corrected chi connectivity index (χ1v) is 6.04. The Morgan fingerprint density at radius 1 is 1.44 bits per heavy atom. The van der Waals surface area contributed by atoms with E-state index in [-0.39, 0.29) is 0 Å². The Hall–Kier alpha value is -1.16. The van der Waals surface area contributed by atoms with Gasteiger partial charge in [0, 0.05) is 17.9 Å². The molecule has 16 heavy (non-hydrogen) atoms. The summed E-state index contributed by atoms with van der Waals surface area (Å²) in [7, 11) is 1.98. The summed E-state index contributed by atoms with van der Waals surface area (Å²) in [6, 6.07) is 8.40. The van der Waals surface area contributed by atoms with Gasteiger partial charge in [0.2, 0.25) is 0 Å². The molecule has 0 fully saturated rings. The van der Waals surface area contributed by atoms with Gasteiger partial charge in [-0.3, -0.25) is 0 Å². The summed E-state index contributed by atoms with van der Waals surface area (Å²) in [6.07, 6.45) is 2.65. The van der Waals surface area contributed by atoms with Crippen LogP contribution < -0.4 is 0 Å². The van der Waals surface area contributed by atoms with Crippen molar-refractivity contribution in [2.75, 3.05) is 0 Å². The van der Waals surface area contributed by atoms with Gasteiger partial charge in [-0.25, -0.2) is 0 Å². The lowest BCUT2D eigenvalue weighted by Crippen LogP contribution is -2.04. The SMILES string of the molecule is CC(Cc1nncn1C)c1cccc(Br)c1. The van der Waals surface area contributed by atoms with Crippen LogP contribution in [0.2, 0.25) is 0 Å². The highest BCUT2D eigenvalue weighted by atomic mass is 79.9. The van der Waals surface area contributed by atoms with E-state index in [1.165, 1.54) is 5.56 Å². The van der Waals surface area contributed by atoms with Gasteiger partial charge in [-0.1, -0.05) is 35.0 Å². The maximum atomic E-state index is 4.10. The molecule has 0 saturated carbocycles. The Labute approximate surface area is 104 Å². The van der Waals surface area contributed by atoms with Crippen LogP contribution in [0.1, 0.15) is 24.2 Å². The van der Waals surface area contributed by atoms with Crippen LogP contribution in [0.15, 0.2) is 35.1 Å². The summed E-state index contributed by atoms with van der Waals surface area (Å²) in [5.41, 5.74) is 1.32. The molecule has 0 amide bonds. The van der Waals surface area contributed by atoms with E-state index >= 15 is 0 Å². The van der Waals surface area contributed by atoms with Crippen molar-refractivity contribution in [3.63, 3.8) is 0 Å². The van der Waals surface area contributed by atoms with Gasteiger partial charge in [-0.15, -0.1) is 10.2 Å². The molecule has 2 aromatic rings. The van der Waals surface area contributed by atoms with E-state index in [0.29, 0.717) is 5.92 Å². The molecule has 0 N–H and O–H groups in total. The molecular weight excluding hydrogens is 266 g/mol. The van der Waals surface area contributed by atoms with Crippen LogP contribution >= 0.6 is 15.9 Å². The third-order valence-corrected chi connectivity index (χ3v) is 3.20. The van der Waals surface area contributed by atoms with Crippen LogP contribution in [-0.4, -0.2) is 14.8 Å². The number of hydrogen-bond acceptors (Lipinski definition) is 2. The van der Waals surface area contributed by atoms with Crippen LogP contribution in [0, 0.1) is 0 Å². The zero-order valence-electron chi connectivity index (χ0n) is 9.39. The zero-order valence-corrected chi connectivity index (χ0v) is 11.0. The van der Waals surface area contributed by atoms with E-state index in [1.54, 1.807) is 6.33 Å². The van der Waals surface area contributed by atoms with Gasteiger partial charge in [0.15, 0.2) is 0 Å². The molecule has 0 radical (unpaired) electrons. The predicted octanol–water partition coefficient (Wildman–Crippen LogP) is 2.92. The van der Waals surface area contributed by atoms with Crippen molar-refractivity contribution in [1.82, 2.24) is 14.8 Å². The molecule has 3 nitrogen and oxygen atoms in total. The van der Waals surface area contributed by atoms with Crippen LogP contribution in [-0.2, 0) is 13.5 Å². The molecule has 84 valence electrons. The number of nitrogens with zero attached hydrogens (tertiary/aromatic N) is 3. The summed E-state index contributed by atoms with van der Waals surface area (Å²) in [6.45, 7) is 2.20. The lowest BCUT2D eigenvalue weighted by atomic mass is 9.98. The summed E-state index contributed by atoms with van der Waals surface area (Å²) in [5.74, 6) is 1.47. The summed E-state index contributed by atoms with van der Waals surface area (Å²) < 4.78 is 3.09. The van der Waals surface area contributed by atoms with E-state index in [4.69, 9.17) is 0 Å². The smallest absolute Gasteiger partial charge is 0.133 e. The fraction of sp³-hybridized carbons (Fsp3) is 0.333. The maximum absolute atomic E-state index is 4.10. The van der Waals surface area contributed by atoms with Crippen LogP contribution in [0.5, 0.6) is 0 Å². The van der Waals surface area contributed by atoms with Gasteiger partial charge in [0.05, 0.1) is 0 Å². The first kappa shape index (κ1) is 11.3. The number of halogens is 1. The largest absolute Gasteiger partial charge is 0.321 e. The van der Waals surface area contributed by atoms with Gasteiger partial charge in [-0.2, -0.15) is 0 Å². The van der Waals surface area contributed by atoms with Crippen LogP contribution in [0.25, 0.3) is 0 Å². The molecule has 1 aromatic heterocycles. The van der Waals surface area contributed by atoms with Gasteiger partial charge in [0.25, 0.3) is 0 Å². The Bertz CT molecular complexity index is 479. The topological polar surface area (TPSA) is 30.7 Å². The number of aryl methyl sites for hydroxylation is 1. The average molecular weight is 280 g/mol. The van der Waals surface area contributed by atoms with Crippen molar-refractivity contribution >= 4 is 15.9 Å². The zero-order chi connectivity index (χ0) is 11.5. The van der Waals surface area contributed by atoms with Gasteiger partial charge < -0.3 is 4.57 Å². The molecule has 1 heterocycles. The van der Waals surface area contributed by atoms with Crippen molar-refractivity contribution in [1.29, 1.82) is 0 Å². The molecule has 1 atom stereocenters. The molecule has 0 aliphatic heterocycles. The first-order valence-electron chi connectivity index (χ1n) is 5.25. The highest BCUT2D eigenvalue weighted by Crippen LogP contribution is 2.22. The molecule has 0 bridgehead atoms. The third-order valence-electron chi connectivity index (χ3n) is 2.71. The summed E-state index contributed by atoms with van der Waals surface area (Å²) in [5, 5.41) is 7.99. The predicted molar refractivity (Wildman–Crippen MR) is 67.3 cm³/mol. The Morgan fingerprint density at radius 3 is 2.88 bits per heavy atom. The average Bonchev–Trinajstić information content (AvgIpc) is 2.64. The lowest BCUT2D eigenvalue weighted by molar-refractivity contribution is 0.681. The van der Waals surface area contributed by atoms with Crippen LogP contribution in [0.4, 0.5) is 0 Å². The van der Waals surface area contributed by atoms with E-state index in [2.05, 4.69) is 51.3 Å². The number of hydrogen-bond donors (Lipinski definition) is 0. The molecule has 4 heteroatoms. The van der Waals surface area contributed by atoms with Crippen molar-refractivity contribution in [2.45, 2.75) is 19.3 Å². The summed E-state index contributed by atoms with van der Waals surface area (Å²) >= 11 is 3.49. The number of rotatable bonds is 3.